The Kier molecular flexibility index (Phi) is 10.7. The van der Waals surface area contributed by atoms with Gasteiger partial charge in [-0.2, -0.15) is 37.3 Å². The first-order valence-corrected chi connectivity index (χ1v) is 19.5. The molecule has 0 heterocycles. The van der Waals surface area contributed by atoms with Crippen LogP contribution in [0.2, 0.25) is 0 Å². The summed E-state index contributed by atoms with van der Waals surface area (Å²) < 4.78 is 68.4. The number of nitrogens with one attached hydrogen (secondary N) is 1. The van der Waals surface area contributed by atoms with Gasteiger partial charge in [-0.1, -0.05) is 24.3 Å². The maximum absolute atomic E-state index is 12.5. The van der Waals surface area contributed by atoms with E-state index in [0.29, 0.717) is 61.5 Å². The Morgan fingerprint density at radius 1 is 0.491 bits per heavy atom. The number of aromatic hydroxyl groups is 1. The molecule has 4 N–H and O–H groups in total. The van der Waals surface area contributed by atoms with Crippen LogP contribution in [0.25, 0.3) is 10.8 Å². The normalized spacial score (nSPS) is 12.4. The molecule has 6 aromatic carbocycles. The molecule has 0 saturated carbocycles. The van der Waals surface area contributed by atoms with E-state index in [-0.39, 0.29) is 10.6 Å². The third-order valence-corrected chi connectivity index (χ3v) is 10.4. The average molecular weight is 778 g/mol. The Hall–Kier alpha value is -6.20. The van der Waals surface area contributed by atoms with Crippen LogP contribution in [-0.4, -0.2) is 31.0 Å². The van der Waals surface area contributed by atoms with Gasteiger partial charge in [-0.3, -0.25) is 9.11 Å². The summed E-state index contributed by atoms with van der Waals surface area (Å²) in [6.07, 6.45) is 0. The Morgan fingerprint density at radius 2 is 0.982 bits per heavy atom. The van der Waals surface area contributed by atoms with Gasteiger partial charge in [0.15, 0.2) is 5.75 Å². The summed E-state index contributed by atoms with van der Waals surface area (Å²) in [4.78, 5) is -0.940. The number of hydrogen-bond donors (Lipinski definition) is 4. The number of azo groups is 3. The highest BCUT2D eigenvalue weighted by molar-refractivity contribution is 7.86. The van der Waals surface area contributed by atoms with Crippen LogP contribution in [0.15, 0.2) is 138 Å². The zero-order valence-electron chi connectivity index (χ0n) is 30.2. The third kappa shape index (κ3) is 8.79. The number of anilines is 2. The maximum atomic E-state index is 12.5. The summed E-state index contributed by atoms with van der Waals surface area (Å²) in [5, 5.41) is 40.6. The lowest BCUT2D eigenvalue weighted by atomic mass is 10.1. The molecule has 0 amide bonds. The zero-order chi connectivity index (χ0) is 39.7. The first kappa shape index (κ1) is 38.5. The molecule has 280 valence electrons. The minimum atomic E-state index is -4.82. The molecule has 0 spiro atoms. The highest BCUT2D eigenvalue weighted by atomic mass is 32.2. The third-order valence-electron chi connectivity index (χ3n) is 8.60. The van der Waals surface area contributed by atoms with Gasteiger partial charge >= 0.3 is 0 Å². The van der Waals surface area contributed by atoms with Gasteiger partial charge in [-0.25, -0.2) is 0 Å². The maximum Gasteiger partial charge on any atom is 0.296 e. The number of hydrogen-bond acceptors (Lipinski definition) is 12. The van der Waals surface area contributed by atoms with Crippen LogP contribution >= 0.6 is 0 Å². The van der Waals surface area contributed by atoms with Crippen molar-refractivity contribution >= 4 is 76.5 Å². The molecular formula is C39H35N7O7S2. The molecule has 0 bridgehead atoms. The minimum Gasteiger partial charge on any atom is -0.505 e. The van der Waals surface area contributed by atoms with Crippen LogP contribution in [0.4, 0.5) is 45.5 Å². The van der Waals surface area contributed by atoms with Crippen molar-refractivity contribution in [2.24, 2.45) is 30.7 Å². The van der Waals surface area contributed by atoms with Crippen molar-refractivity contribution in [3.63, 3.8) is 0 Å². The molecule has 0 atom stereocenters. The number of para-hydroxylation sites is 1. The van der Waals surface area contributed by atoms with E-state index in [0.717, 1.165) is 11.3 Å². The molecule has 0 aliphatic rings. The number of phenols is 1. The summed E-state index contributed by atoms with van der Waals surface area (Å²) in [6.45, 7) is 8.85. The van der Waals surface area contributed by atoms with Crippen molar-refractivity contribution < 1.29 is 31.0 Å². The van der Waals surface area contributed by atoms with Crippen LogP contribution in [0.5, 0.6) is 5.75 Å². The smallest absolute Gasteiger partial charge is 0.296 e. The van der Waals surface area contributed by atoms with Crippen molar-refractivity contribution in [1.82, 2.24) is 0 Å². The van der Waals surface area contributed by atoms with E-state index >= 15 is 0 Å². The average Bonchev–Trinajstić information content (AvgIpc) is 3.12. The van der Waals surface area contributed by atoms with Crippen LogP contribution in [0.1, 0.15) is 27.8 Å². The lowest BCUT2D eigenvalue weighted by Gasteiger charge is -2.12. The van der Waals surface area contributed by atoms with E-state index in [1.807, 2.05) is 37.3 Å². The van der Waals surface area contributed by atoms with E-state index in [1.54, 1.807) is 76.2 Å². The van der Waals surface area contributed by atoms with E-state index in [9.17, 15) is 31.0 Å². The van der Waals surface area contributed by atoms with Crippen molar-refractivity contribution in [2.75, 3.05) is 5.32 Å². The molecule has 0 aliphatic heterocycles. The van der Waals surface area contributed by atoms with Gasteiger partial charge < -0.3 is 10.4 Å². The Balaban J connectivity index is 1.26. The number of rotatable bonds is 10. The molecule has 0 unspecified atom stereocenters. The van der Waals surface area contributed by atoms with Crippen LogP contribution in [0, 0.1) is 34.6 Å². The fourth-order valence-corrected chi connectivity index (χ4v) is 7.01. The fourth-order valence-electron chi connectivity index (χ4n) is 5.64. The second-order valence-corrected chi connectivity index (χ2v) is 15.7. The predicted molar refractivity (Wildman–Crippen MR) is 211 cm³/mol. The molecule has 6 aromatic rings. The van der Waals surface area contributed by atoms with Gasteiger partial charge in [-0.15, -0.1) is 10.2 Å². The number of nitrogens with zero attached hydrogens (tertiary/aromatic N) is 6. The molecule has 0 aliphatic carbocycles. The Bertz CT molecular complexity index is 2810. The monoisotopic (exact) mass is 777 g/mol. The van der Waals surface area contributed by atoms with Gasteiger partial charge in [0, 0.05) is 16.8 Å². The topological polar surface area (TPSA) is 215 Å². The lowest BCUT2D eigenvalue weighted by molar-refractivity contribution is 0.472. The first-order valence-electron chi connectivity index (χ1n) is 16.6. The van der Waals surface area contributed by atoms with Crippen molar-refractivity contribution in [1.29, 1.82) is 0 Å². The number of phenolic OH excluding ortho intramolecular Hbond substituents is 1. The van der Waals surface area contributed by atoms with Crippen LogP contribution < -0.4 is 5.32 Å². The highest BCUT2D eigenvalue weighted by Gasteiger charge is 2.22. The molecular weight excluding hydrogens is 743 g/mol. The molecule has 6 rings (SSSR count). The second kappa shape index (κ2) is 15.3. The lowest BCUT2D eigenvalue weighted by Crippen LogP contribution is -1.99. The standard InChI is InChI=1S/C39H35N7O7S2/c1-22-11-14-31(36(15-22)54(48,49)50)41-42-32-16-24(3)33(17-23(32)2)43-44-34-18-26(5)35(19-25(34)4)45-46-38-37(55(51,52)53)21-27-20-29(12-13-30(27)39(38)47)40-28-9-7-6-8-10-28/h6-21,40,47H,1-5H3,(H,48,49,50)(H,51,52,53). The molecule has 0 radical (unpaired) electrons. The van der Waals surface area contributed by atoms with E-state index in [1.165, 1.54) is 18.2 Å². The van der Waals surface area contributed by atoms with Gasteiger partial charge in [-0.05, 0) is 141 Å². The SMILES string of the molecule is Cc1ccc(N=Nc2cc(C)c(N=Nc3cc(C)c(N=Nc4c(S(=O)(=O)O)cc5cc(Nc6ccccc6)ccc5c4O)cc3C)cc2C)c(S(=O)(=O)O)c1. The highest BCUT2D eigenvalue weighted by Crippen LogP contribution is 2.43. The van der Waals surface area contributed by atoms with E-state index < -0.39 is 36.6 Å². The molecule has 55 heavy (non-hydrogen) atoms. The first-order chi connectivity index (χ1) is 26.0. The van der Waals surface area contributed by atoms with Gasteiger partial charge in [0.2, 0.25) is 0 Å². The predicted octanol–water partition coefficient (Wildman–Crippen LogP) is 11.6. The largest absolute Gasteiger partial charge is 0.505 e. The molecule has 0 aromatic heterocycles. The summed E-state index contributed by atoms with van der Waals surface area (Å²) in [6, 6.07) is 27.0. The Morgan fingerprint density at radius 3 is 1.49 bits per heavy atom. The van der Waals surface area contributed by atoms with Gasteiger partial charge in [0.25, 0.3) is 20.2 Å². The van der Waals surface area contributed by atoms with E-state index in [4.69, 9.17) is 0 Å². The summed E-state index contributed by atoms with van der Waals surface area (Å²) in [5.41, 5.74) is 6.31. The molecule has 0 saturated heterocycles. The van der Waals surface area contributed by atoms with Crippen LogP contribution in [-0.2, 0) is 20.2 Å². The molecule has 16 heteroatoms. The Labute approximate surface area is 317 Å². The summed E-state index contributed by atoms with van der Waals surface area (Å²) >= 11 is 0. The fraction of sp³-hybridized carbons (Fsp3) is 0.128. The summed E-state index contributed by atoms with van der Waals surface area (Å²) in [5.74, 6) is -0.462. The molecule has 0 fully saturated rings. The van der Waals surface area contributed by atoms with Gasteiger partial charge in [0.05, 0.1) is 22.7 Å². The van der Waals surface area contributed by atoms with Crippen molar-refractivity contribution in [3.05, 3.63) is 125 Å². The van der Waals surface area contributed by atoms with Crippen molar-refractivity contribution in [2.45, 2.75) is 44.4 Å². The summed E-state index contributed by atoms with van der Waals surface area (Å²) in [7, 11) is -9.33. The number of aryl methyl sites for hydroxylation is 5. The van der Waals surface area contributed by atoms with Crippen molar-refractivity contribution in [3.8, 4) is 5.75 Å². The van der Waals surface area contributed by atoms with E-state index in [2.05, 4.69) is 36.0 Å². The minimum absolute atomic E-state index is 0.00157. The van der Waals surface area contributed by atoms with Crippen LogP contribution in [0.3, 0.4) is 0 Å². The van der Waals surface area contributed by atoms with Gasteiger partial charge in [0.1, 0.15) is 21.2 Å². The molecule has 14 nitrogen and oxygen atoms in total. The number of fused-ring (bicyclic) bond motifs is 1. The zero-order valence-corrected chi connectivity index (χ0v) is 31.8. The second-order valence-electron chi connectivity index (χ2n) is 12.9. The quantitative estimate of drug-likeness (QED) is 0.0773. The number of benzene rings is 6.